The second kappa shape index (κ2) is 4.35. The molecule has 1 aliphatic carbocycles. The highest BCUT2D eigenvalue weighted by Crippen LogP contribution is 2.39. The maximum Gasteiger partial charge on any atom is 0.309 e. The van der Waals surface area contributed by atoms with Crippen LogP contribution in [-0.2, 0) is 14.3 Å². The van der Waals surface area contributed by atoms with Crippen LogP contribution in [0.5, 0.6) is 0 Å². The van der Waals surface area contributed by atoms with Gasteiger partial charge in [-0.1, -0.05) is 19.6 Å². The van der Waals surface area contributed by atoms with Crippen molar-refractivity contribution in [1.82, 2.24) is 0 Å². The van der Waals surface area contributed by atoms with E-state index in [4.69, 9.17) is 9.47 Å². The van der Waals surface area contributed by atoms with E-state index in [0.717, 1.165) is 25.7 Å². The van der Waals surface area contributed by atoms with E-state index in [-0.39, 0.29) is 18.0 Å². The minimum absolute atomic E-state index is 0.0442. The Bertz CT molecular complexity index is 262. The number of carbonyl (C=O) groups is 1. The second-order valence-electron chi connectivity index (χ2n) is 4.34. The standard InChI is InChI=1S/C12H18O3/c1-3-9(4-2)14-12(13)8-5-6-10-11(7-8)15-10/h3,8-11H,1,4-7H2,2H3. The Morgan fingerprint density at radius 3 is 3.00 bits per heavy atom. The summed E-state index contributed by atoms with van der Waals surface area (Å²) in [5.41, 5.74) is 0. The second-order valence-corrected chi connectivity index (χ2v) is 4.34. The van der Waals surface area contributed by atoms with Crippen molar-refractivity contribution in [1.29, 1.82) is 0 Å². The molecule has 4 unspecified atom stereocenters. The summed E-state index contributed by atoms with van der Waals surface area (Å²) in [5.74, 6) is -0.0292. The number of hydrogen-bond acceptors (Lipinski definition) is 3. The van der Waals surface area contributed by atoms with Gasteiger partial charge in [0.25, 0.3) is 0 Å². The van der Waals surface area contributed by atoms with Crippen LogP contribution in [-0.4, -0.2) is 24.3 Å². The summed E-state index contributed by atoms with van der Waals surface area (Å²) in [5, 5.41) is 0. The fourth-order valence-corrected chi connectivity index (χ4v) is 2.16. The van der Waals surface area contributed by atoms with Crippen molar-refractivity contribution in [2.45, 2.75) is 50.9 Å². The summed E-state index contributed by atoms with van der Waals surface area (Å²) in [6, 6.07) is 0. The van der Waals surface area contributed by atoms with E-state index >= 15 is 0 Å². The lowest BCUT2D eigenvalue weighted by molar-refractivity contribution is -0.152. The first kappa shape index (κ1) is 10.7. The SMILES string of the molecule is C=CC(CC)OC(=O)C1CCC2OC2C1. The Kier molecular flexibility index (Phi) is 3.10. The van der Waals surface area contributed by atoms with Gasteiger partial charge in [0.05, 0.1) is 18.1 Å². The molecule has 1 saturated heterocycles. The van der Waals surface area contributed by atoms with E-state index in [9.17, 15) is 4.79 Å². The first-order chi connectivity index (χ1) is 7.24. The summed E-state index contributed by atoms with van der Waals surface area (Å²) in [6.07, 6.45) is 5.90. The molecular formula is C12H18O3. The Morgan fingerprint density at radius 2 is 2.40 bits per heavy atom. The van der Waals surface area contributed by atoms with Crippen LogP contribution < -0.4 is 0 Å². The van der Waals surface area contributed by atoms with Crippen LogP contribution in [0.25, 0.3) is 0 Å². The number of epoxide rings is 1. The van der Waals surface area contributed by atoms with Gasteiger partial charge in [0, 0.05) is 0 Å². The lowest BCUT2D eigenvalue weighted by Crippen LogP contribution is -2.26. The molecule has 2 aliphatic rings. The van der Waals surface area contributed by atoms with Crippen LogP contribution in [0.2, 0.25) is 0 Å². The summed E-state index contributed by atoms with van der Waals surface area (Å²) < 4.78 is 10.7. The molecule has 4 atom stereocenters. The fourth-order valence-electron chi connectivity index (χ4n) is 2.16. The van der Waals surface area contributed by atoms with Gasteiger partial charge in [0.15, 0.2) is 0 Å². The van der Waals surface area contributed by atoms with Crippen molar-refractivity contribution < 1.29 is 14.3 Å². The van der Waals surface area contributed by atoms with Crippen LogP contribution >= 0.6 is 0 Å². The highest BCUT2D eigenvalue weighted by Gasteiger charge is 2.46. The maximum atomic E-state index is 11.8. The maximum absolute atomic E-state index is 11.8. The van der Waals surface area contributed by atoms with Gasteiger partial charge in [-0.2, -0.15) is 0 Å². The minimum atomic E-state index is -0.129. The van der Waals surface area contributed by atoms with Crippen LogP contribution in [0.3, 0.4) is 0 Å². The molecule has 0 aromatic carbocycles. The van der Waals surface area contributed by atoms with Crippen molar-refractivity contribution >= 4 is 5.97 Å². The molecule has 1 saturated carbocycles. The van der Waals surface area contributed by atoms with Gasteiger partial charge in [0.1, 0.15) is 6.10 Å². The van der Waals surface area contributed by atoms with Gasteiger partial charge >= 0.3 is 5.97 Å². The van der Waals surface area contributed by atoms with Crippen molar-refractivity contribution in [3.63, 3.8) is 0 Å². The lowest BCUT2D eigenvalue weighted by Gasteiger charge is -2.20. The highest BCUT2D eigenvalue weighted by molar-refractivity contribution is 5.73. The summed E-state index contributed by atoms with van der Waals surface area (Å²) in [7, 11) is 0. The van der Waals surface area contributed by atoms with Gasteiger partial charge in [0.2, 0.25) is 0 Å². The third-order valence-electron chi connectivity index (χ3n) is 3.27. The lowest BCUT2D eigenvalue weighted by atomic mass is 9.89. The predicted molar refractivity (Wildman–Crippen MR) is 56.4 cm³/mol. The van der Waals surface area contributed by atoms with Crippen molar-refractivity contribution in [3.8, 4) is 0 Å². The van der Waals surface area contributed by atoms with Crippen LogP contribution in [0.1, 0.15) is 32.6 Å². The van der Waals surface area contributed by atoms with Crippen molar-refractivity contribution in [2.75, 3.05) is 0 Å². The monoisotopic (exact) mass is 210 g/mol. The number of carbonyl (C=O) groups excluding carboxylic acids is 1. The molecule has 2 fully saturated rings. The van der Waals surface area contributed by atoms with E-state index < -0.39 is 0 Å². The topological polar surface area (TPSA) is 38.8 Å². The van der Waals surface area contributed by atoms with Gasteiger partial charge in [-0.3, -0.25) is 4.79 Å². The van der Waals surface area contributed by atoms with Crippen LogP contribution in [0, 0.1) is 5.92 Å². The molecule has 0 amide bonds. The van der Waals surface area contributed by atoms with E-state index in [0.29, 0.717) is 12.2 Å². The molecule has 84 valence electrons. The quantitative estimate of drug-likeness (QED) is 0.405. The van der Waals surface area contributed by atoms with E-state index in [1.54, 1.807) is 6.08 Å². The van der Waals surface area contributed by atoms with Gasteiger partial charge in [-0.25, -0.2) is 0 Å². The average Bonchev–Trinajstić information content (AvgIpc) is 3.03. The molecule has 0 radical (unpaired) electrons. The zero-order valence-electron chi connectivity index (χ0n) is 9.15. The zero-order valence-corrected chi connectivity index (χ0v) is 9.15. The molecule has 3 heteroatoms. The average molecular weight is 210 g/mol. The smallest absolute Gasteiger partial charge is 0.309 e. The summed E-state index contributed by atoms with van der Waals surface area (Å²) in [4.78, 5) is 11.8. The third-order valence-corrected chi connectivity index (χ3v) is 3.27. The van der Waals surface area contributed by atoms with Gasteiger partial charge in [-0.05, 0) is 25.7 Å². The minimum Gasteiger partial charge on any atom is -0.458 e. The molecule has 1 aliphatic heterocycles. The molecule has 0 spiro atoms. The van der Waals surface area contributed by atoms with Crippen LogP contribution in [0.15, 0.2) is 12.7 Å². The first-order valence-corrected chi connectivity index (χ1v) is 5.73. The predicted octanol–water partition coefficient (Wildman–Crippen LogP) is 2.06. The normalized spacial score (nSPS) is 35.1. The highest BCUT2D eigenvalue weighted by atomic mass is 16.6. The molecule has 0 aromatic rings. The molecule has 0 bridgehead atoms. The van der Waals surface area contributed by atoms with E-state index in [2.05, 4.69) is 6.58 Å². The Labute approximate surface area is 90.4 Å². The third kappa shape index (κ3) is 2.40. The Balaban J connectivity index is 1.81. The fraction of sp³-hybridized carbons (Fsp3) is 0.750. The molecular weight excluding hydrogens is 192 g/mol. The Morgan fingerprint density at radius 1 is 1.60 bits per heavy atom. The number of fused-ring (bicyclic) bond motifs is 1. The number of ether oxygens (including phenoxy) is 2. The molecule has 2 rings (SSSR count). The number of rotatable bonds is 4. The Hall–Kier alpha value is -0.830. The van der Waals surface area contributed by atoms with Crippen molar-refractivity contribution in [3.05, 3.63) is 12.7 Å². The van der Waals surface area contributed by atoms with Crippen molar-refractivity contribution in [2.24, 2.45) is 5.92 Å². The summed E-state index contributed by atoms with van der Waals surface area (Å²) in [6.45, 7) is 5.64. The van der Waals surface area contributed by atoms with E-state index in [1.807, 2.05) is 6.92 Å². The van der Waals surface area contributed by atoms with Gasteiger partial charge < -0.3 is 9.47 Å². The first-order valence-electron chi connectivity index (χ1n) is 5.73. The molecule has 1 heterocycles. The largest absolute Gasteiger partial charge is 0.458 e. The molecule has 3 nitrogen and oxygen atoms in total. The summed E-state index contributed by atoms with van der Waals surface area (Å²) >= 11 is 0. The number of esters is 1. The molecule has 15 heavy (non-hydrogen) atoms. The zero-order chi connectivity index (χ0) is 10.8. The van der Waals surface area contributed by atoms with Crippen LogP contribution in [0.4, 0.5) is 0 Å². The van der Waals surface area contributed by atoms with E-state index in [1.165, 1.54) is 0 Å². The number of hydrogen-bond donors (Lipinski definition) is 0. The van der Waals surface area contributed by atoms with Gasteiger partial charge in [-0.15, -0.1) is 0 Å². The molecule has 0 N–H and O–H groups in total. The molecule has 0 aromatic heterocycles.